The monoisotopic (exact) mass is 638 g/mol. The van der Waals surface area contributed by atoms with Gasteiger partial charge in [0.1, 0.15) is 23.0 Å². The van der Waals surface area contributed by atoms with Gasteiger partial charge in [0.05, 0.1) is 27.6 Å². The summed E-state index contributed by atoms with van der Waals surface area (Å²) in [6.07, 6.45) is 1.84. The Bertz CT molecular complexity index is 2760. The summed E-state index contributed by atoms with van der Waals surface area (Å²) >= 11 is 0. The molecule has 4 heterocycles. The Hall–Kier alpha value is -5.68. The van der Waals surface area contributed by atoms with Crippen molar-refractivity contribution in [2.24, 2.45) is 0 Å². The van der Waals surface area contributed by atoms with E-state index < -0.39 is 0 Å². The number of para-hydroxylation sites is 3. The molecule has 0 saturated carbocycles. The number of aromatic nitrogens is 4. The fourth-order valence-electron chi connectivity index (χ4n) is 7.63. The Morgan fingerprint density at radius 2 is 1.20 bits per heavy atom. The van der Waals surface area contributed by atoms with Crippen molar-refractivity contribution < 1.29 is 4.74 Å². The first-order valence-electron chi connectivity index (χ1n) is 17.0. The van der Waals surface area contributed by atoms with Crippen molar-refractivity contribution in [3.8, 4) is 17.3 Å². The van der Waals surface area contributed by atoms with E-state index in [4.69, 9.17) is 14.7 Å². The van der Waals surface area contributed by atoms with Crippen LogP contribution in [0, 0.1) is 0 Å². The first kappa shape index (κ1) is 29.5. The molecule has 0 saturated heterocycles. The summed E-state index contributed by atoms with van der Waals surface area (Å²) in [7, 11) is 0. The second-order valence-corrected chi connectivity index (χ2v) is 15.2. The van der Waals surface area contributed by atoms with Gasteiger partial charge in [-0.3, -0.25) is 8.97 Å². The number of nitrogens with zero attached hydrogens (tertiary/aromatic N) is 4. The minimum absolute atomic E-state index is 0.0672. The molecule has 0 aliphatic carbocycles. The smallest absolute Gasteiger partial charge is 0.146 e. The number of ether oxygens (including phenoxy) is 1. The number of hydrogen-bond acceptors (Lipinski definition) is 3. The Morgan fingerprint density at radius 1 is 0.551 bits per heavy atom. The van der Waals surface area contributed by atoms with Crippen LogP contribution in [0.15, 0.2) is 121 Å². The number of pyridine rings is 2. The van der Waals surface area contributed by atoms with E-state index in [0.29, 0.717) is 0 Å². The second kappa shape index (κ2) is 10.4. The van der Waals surface area contributed by atoms with E-state index in [0.717, 1.165) is 55.8 Å². The maximum absolute atomic E-state index is 6.72. The topological polar surface area (TPSA) is 44.3 Å². The molecule has 9 rings (SSSR count). The van der Waals surface area contributed by atoms with Crippen LogP contribution in [0.25, 0.3) is 66.0 Å². The van der Waals surface area contributed by atoms with Gasteiger partial charge >= 0.3 is 0 Å². The molecule has 0 amide bonds. The van der Waals surface area contributed by atoms with Crippen LogP contribution in [0.4, 0.5) is 0 Å². The molecule has 5 aromatic carbocycles. The van der Waals surface area contributed by atoms with Crippen molar-refractivity contribution >= 4 is 60.2 Å². The molecule has 49 heavy (non-hydrogen) atoms. The van der Waals surface area contributed by atoms with E-state index in [1.54, 1.807) is 0 Å². The maximum Gasteiger partial charge on any atom is 0.146 e. The largest absolute Gasteiger partial charge is 0.457 e. The Morgan fingerprint density at radius 3 is 1.96 bits per heavy atom. The van der Waals surface area contributed by atoms with Crippen molar-refractivity contribution in [2.75, 3.05) is 0 Å². The summed E-state index contributed by atoms with van der Waals surface area (Å²) in [6, 6.07) is 40.5. The minimum Gasteiger partial charge on any atom is -0.457 e. The van der Waals surface area contributed by atoms with Crippen molar-refractivity contribution in [1.29, 1.82) is 0 Å². The van der Waals surface area contributed by atoms with Crippen molar-refractivity contribution in [3.05, 3.63) is 133 Å². The predicted molar refractivity (Wildman–Crippen MR) is 204 cm³/mol. The summed E-state index contributed by atoms with van der Waals surface area (Å²) in [5.41, 5.74) is 8.93. The maximum atomic E-state index is 6.72. The van der Waals surface area contributed by atoms with E-state index in [1.807, 2.05) is 24.4 Å². The van der Waals surface area contributed by atoms with Gasteiger partial charge < -0.3 is 4.74 Å². The molecule has 9 aromatic rings. The molecule has 0 spiro atoms. The van der Waals surface area contributed by atoms with Crippen molar-refractivity contribution in [3.63, 3.8) is 0 Å². The van der Waals surface area contributed by atoms with Crippen molar-refractivity contribution in [2.45, 2.75) is 52.4 Å². The van der Waals surface area contributed by atoms with Crippen LogP contribution in [0.1, 0.15) is 52.7 Å². The summed E-state index contributed by atoms with van der Waals surface area (Å²) in [5, 5.41) is 5.88. The molecule has 5 heteroatoms. The summed E-state index contributed by atoms with van der Waals surface area (Å²) < 4.78 is 11.3. The molecule has 0 radical (unpaired) electrons. The normalized spacial score (nSPS) is 12.7. The quantitative estimate of drug-likeness (QED) is 0.181. The van der Waals surface area contributed by atoms with E-state index in [1.165, 1.54) is 32.8 Å². The molecule has 0 aliphatic heterocycles. The highest BCUT2D eigenvalue weighted by Gasteiger charge is 2.27. The average molecular weight is 639 g/mol. The molecule has 0 aliphatic rings. The molecule has 0 fully saturated rings. The van der Waals surface area contributed by atoms with E-state index in [-0.39, 0.29) is 10.8 Å². The van der Waals surface area contributed by atoms with Gasteiger partial charge in [-0.05, 0) is 88.0 Å². The van der Waals surface area contributed by atoms with Crippen LogP contribution < -0.4 is 4.74 Å². The van der Waals surface area contributed by atoms with Crippen LogP contribution in [0.2, 0.25) is 0 Å². The molecule has 0 bridgehead atoms. The van der Waals surface area contributed by atoms with Crippen LogP contribution in [-0.4, -0.2) is 18.9 Å². The zero-order chi connectivity index (χ0) is 33.7. The zero-order valence-corrected chi connectivity index (χ0v) is 28.7. The lowest BCUT2D eigenvalue weighted by atomic mass is 9.78. The summed E-state index contributed by atoms with van der Waals surface area (Å²) in [4.78, 5) is 9.96. The molecular formula is C44H38N4O. The number of rotatable bonds is 3. The zero-order valence-electron chi connectivity index (χ0n) is 28.7. The Kier molecular flexibility index (Phi) is 6.26. The van der Waals surface area contributed by atoms with Crippen LogP contribution in [0.5, 0.6) is 11.5 Å². The number of fused-ring (bicyclic) bond motifs is 11. The predicted octanol–water partition coefficient (Wildman–Crippen LogP) is 11.7. The first-order valence-corrected chi connectivity index (χ1v) is 17.0. The lowest BCUT2D eigenvalue weighted by Gasteiger charge is -2.28. The third-order valence-electron chi connectivity index (χ3n) is 9.84. The fourth-order valence-corrected chi connectivity index (χ4v) is 7.63. The van der Waals surface area contributed by atoms with Gasteiger partial charge in [0, 0.05) is 33.8 Å². The summed E-state index contributed by atoms with van der Waals surface area (Å²) in [6.45, 7) is 13.8. The Labute approximate surface area is 285 Å². The highest BCUT2D eigenvalue weighted by atomic mass is 16.5. The van der Waals surface area contributed by atoms with Crippen LogP contribution in [-0.2, 0) is 10.8 Å². The average Bonchev–Trinajstić information content (AvgIpc) is 3.63. The molecule has 5 nitrogen and oxygen atoms in total. The molecule has 0 N–H and O–H groups in total. The Balaban J connectivity index is 1.30. The third kappa shape index (κ3) is 4.52. The van der Waals surface area contributed by atoms with Crippen LogP contribution >= 0.6 is 0 Å². The number of hydrogen-bond donors (Lipinski definition) is 0. The van der Waals surface area contributed by atoms with Gasteiger partial charge in [-0.15, -0.1) is 0 Å². The SMILES string of the molecule is CC(C)(C)c1ccc(C(C)(C)C)c2c1c1ccc(Oc3ccc4c5ccccc5n(-c5ccccn5)c4c3)cc1c1nc3ccccc3n12. The number of benzene rings is 5. The fraction of sp³-hybridized carbons (Fsp3) is 0.182. The molecule has 0 unspecified atom stereocenters. The highest BCUT2D eigenvalue weighted by molar-refractivity contribution is 6.16. The van der Waals surface area contributed by atoms with Crippen LogP contribution in [0.3, 0.4) is 0 Å². The summed E-state index contributed by atoms with van der Waals surface area (Å²) in [5.74, 6) is 2.41. The number of imidazole rings is 1. The molecular weight excluding hydrogens is 601 g/mol. The molecule has 240 valence electrons. The van der Waals surface area contributed by atoms with E-state index >= 15 is 0 Å². The lowest BCUT2D eigenvalue weighted by Crippen LogP contribution is -2.17. The standard InChI is InChI=1S/C44H38N4O/c1-43(2,3)33-22-23-34(44(4,5)6)41-40(33)31-21-19-27(25-32(31)42-46-35-14-8-10-16-37(35)48(41)42)49-28-18-20-30-29-13-7-9-15-36(29)47(38(30)26-28)39-17-11-12-24-45-39/h7-26H,1-6H3. The lowest BCUT2D eigenvalue weighted by molar-refractivity contribution is 0.484. The highest BCUT2D eigenvalue weighted by Crippen LogP contribution is 2.44. The van der Waals surface area contributed by atoms with E-state index in [2.05, 4.69) is 148 Å². The van der Waals surface area contributed by atoms with Gasteiger partial charge in [-0.1, -0.05) is 90.1 Å². The van der Waals surface area contributed by atoms with Gasteiger partial charge in [-0.25, -0.2) is 9.97 Å². The van der Waals surface area contributed by atoms with Gasteiger partial charge in [0.25, 0.3) is 0 Å². The molecule has 0 atom stereocenters. The van der Waals surface area contributed by atoms with E-state index in [9.17, 15) is 0 Å². The minimum atomic E-state index is -0.0694. The van der Waals surface area contributed by atoms with Gasteiger partial charge in [0.15, 0.2) is 0 Å². The molecule has 4 aromatic heterocycles. The van der Waals surface area contributed by atoms with Crippen molar-refractivity contribution in [1.82, 2.24) is 18.9 Å². The van der Waals surface area contributed by atoms with Gasteiger partial charge in [0.2, 0.25) is 0 Å². The first-order chi connectivity index (χ1) is 23.6. The third-order valence-corrected chi connectivity index (χ3v) is 9.84. The second-order valence-electron chi connectivity index (χ2n) is 15.2. The van der Waals surface area contributed by atoms with Gasteiger partial charge in [-0.2, -0.15) is 0 Å².